The molecule has 68 valence electrons. The van der Waals surface area contributed by atoms with Gasteiger partial charge in [-0.1, -0.05) is 0 Å². The molecule has 1 aliphatic rings. The zero-order valence-electron chi connectivity index (χ0n) is 5.98. The molecule has 1 heterocycles. The number of rotatable bonds is 1. The van der Waals surface area contributed by atoms with Gasteiger partial charge in [0.25, 0.3) is 0 Å². The molecule has 7 heteroatoms. The summed E-state index contributed by atoms with van der Waals surface area (Å²) in [6, 6.07) is 0. The molecule has 0 aliphatic carbocycles. The number of aliphatic carboxylic acids is 1. The Bertz CT molecular complexity index is 239. The largest absolute Gasteiger partial charge is 0.477 e. The number of carboxylic acids is 1. The molecule has 0 amide bonds. The number of carbonyl (C=O) groups is 1. The van der Waals surface area contributed by atoms with Crippen molar-refractivity contribution < 1.29 is 20.1 Å². The van der Waals surface area contributed by atoms with Gasteiger partial charge in [-0.25, -0.2) is 10.1 Å². The molecule has 0 spiro atoms. The van der Waals surface area contributed by atoms with E-state index in [4.69, 9.17) is 21.1 Å². The summed E-state index contributed by atoms with van der Waals surface area (Å²) in [5.74, 6) is -1.33. The van der Waals surface area contributed by atoms with Crippen LogP contribution in [0, 0.1) is 0 Å². The normalized spacial score (nSPS) is 29.8. The molecule has 0 saturated carbocycles. The molecule has 12 heavy (non-hydrogen) atoms. The number of hydrogen-bond donors (Lipinski definition) is 6. The standard InChI is InChI=1S/C5H9N3O4/c6-1-2(4(10)11)7-5(12)8-3(1)9/h3,5,7-9,12H,6H2,(H,10,11). The van der Waals surface area contributed by atoms with Gasteiger partial charge in [-0.2, -0.15) is 0 Å². The van der Waals surface area contributed by atoms with E-state index >= 15 is 0 Å². The first-order chi connectivity index (χ1) is 5.52. The SMILES string of the molecule is NC1=C(C(=O)O)NC(O)NC1O. The molecule has 0 aromatic carbocycles. The van der Waals surface area contributed by atoms with Crippen LogP contribution in [-0.4, -0.2) is 33.9 Å². The molecule has 2 unspecified atom stereocenters. The van der Waals surface area contributed by atoms with Crippen molar-refractivity contribution in [1.82, 2.24) is 10.6 Å². The fraction of sp³-hybridized carbons (Fsp3) is 0.400. The fourth-order valence-corrected chi connectivity index (χ4v) is 0.823. The summed E-state index contributed by atoms with van der Waals surface area (Å²) in [6.45, 7) is 0. The lowest BCUT2D eigenvalue weighted by Crippen LogP contribution is -2.55. The number of aliphatic hydroxyl groups excluding tert-OH is 2. The Labute approximate surface area is 67.5 Å². The molecule has 7 nitrogen and oxygen atoms in total. The molecule has 0 aromatic rings. The van der Waals surface area contributed by atoms with E-state index in [9.17, 15) is 4.79 Å². The van der Waals surface area contributed by atoms with Crippen molar-refractivity contribution in [2.24, 2.45) is 5.73 Å². The van der Waals surface area contributed by atoms with Crippen LogP contribution >= 0.6 is 0 Å². The van der Waals surface area contributed by atoms with E-state index in [1.165, 1.54) is 0 Å². The van der Waals surface area contributed by atoms with Crippen molar-refractivity contribution in [2.45, 2.75) is 12.6 Å². The average Bonchev–Trinajstić information content (AvgIpc) is 1.96. The maximum Gasteiger partial charge on any atom is 0.354 e. The van der Waals surface area contributed by atoms with E-state index in [1.807, 2.05) is 0 Å². The first-order valence-electron chi connectivity index (χ1n) is 3.14. The van der Waals surface area contributed by atoms with Gasteiger partial charge in [0.15, 0.2) is 12.6 Å². The minimum absolute atomic E-state index is 0.257. The van der Waals surface area contributed by atoms with E-state index in [-0.39, 0.29) is 5.70 Å². The Morgan fingerprint density at radius 1 is 1.50 bits per heavy atom. The van der Waals surface area contributed by atoms with Crippen LogP contribution in [0.4, 0.5) is 0 Å². The molecule has 0 aromatic heterocycles. The van der Waals surface area contributed by atoms with Gasteiger partial charge in [0.05, 0.1) is 5.70 Å². The lowest BCUT2D eigenvalue weighted by Gasteiger charge is -2.27. The van der Waals surface area contributed by atoms with Gasteiger partial charge < -0.3 is 26.4 Å². The topological polar surface area (TPSA) is 128 Å². The number of nitrogens with one attached hydrogen (secondary N) is 2. The number of aliphatic hydroxyl groups is 2. The van der Waals surface area contributed by atoms with Crippen molar-refractivity contribution >= 4 is 5.97 Å². The Balaban J connectivity index is 2.93. The van der Waals surface area contributed by atoms with Crippen LogP contribution in [0.5, 0.6) is 0 Å². The lowest BCUT2D eigenvalue weighted by molar-refractivity contribution is -0.134. The maximum atomic E-state index is 10.4. The second-order valence-corrected chi connectivity index (χ2v) is 2.25. The van der Waals surface area contributed by atoms with E-state index in [0.717, 1.165) is 0 Å². The van der Waals surface area contributed by atoms with Gasteiger partial charge in [0, 0.05) is 0 Å². The van der Waals surface area contributed by atoms with Crippen LogP contribution in [-0.2, 0) is 4.79 Å². The van der Waals surface area contributed by atoms with Crippen molar-refractivity contribution in [1.29, 1.82) is 0 Å². The van der Waals surface area contributed by atoms with Crippen LogP contribution in [0.2, 0.25) is 0 Å². The quantitative estimate of drug-likeness (QED) is 0.251. The minimum atomic E-state index is -1.34. The van der Waals surface area contributed by atoms with Gasteiger partial charge in [0.1, 0.15) is 5.70 Å². The summed E-state index contributed by atoms with van der Waals surface area (Å²) in [4.78, 5) is 10.4. The third kappa shape index (κ3) is 1.47. The van der Waals surface area contributed by atoms with E-state index in [1.54, 1.807) is 0 Å². The zero-order valence-corrected chi connectivity index (χ0v) is 5.98. The van der Waals surface area contributed by atoms with Gasteiger partial charge in [-0.15, -0.1) is 0 Å². The second-order valence-electron chi connectivity index (χ2n) is 2.25. The number of nitrogens with two attached hydrogens (primary N) is 1. The van der Waals surface area contributed by atoms with Crippen LogP contribution < -0.4 is 16.4 Å². The highest BCUT2D eigenvalue weighted by molar-refractivity contribution is 5.87. The minimum Gasteiger partial charge on any atom is -0.477 e. The molecule has 0 saturated heterocycles. The Morgan fingerprint density at radius 2 is 2.08 bits per heavy atom. The molecule has 0 bridgehead atoms. The summed E-state index contributed by atoms with van der Waals surface area (Å²) in [7, 11) is 0. The first kappa shape index (κ1) is 8.78. The molecular weight excluding hydrogens is 166 g/mol. The van der Waals surface area contributed by atoms with E-state index in [2.05, 4.69) is 10.6 Å². The van der Waals surface area contributed by atoms with Crippen molar-refractivity contribution in [3.63, 3.8) is 0 Å². The predicted octanol–water partition coefficient (Wildman–Crippen LogP) is -2.97. The molecule has 1 rings (SSSR count). The molecule has 2 atom stereocenters. The summed E-state index contributed by atoms with van der Waals surface area (Å²) in [5, 5.41) is 30.7. The Kier molecular flexibility index (Phi) is 2.18. The zero-order chi connectivity index (χ0) is 9.30. The van der Waals surface area contributed by atoms with Crippen LogP contribution in [0.3, 0.4) is 0 Å². The number of hydrogen-bond acceptors (Lipinski definition) is 6. The first-order valence-corrected chi connectivity index (χ1v) is 3.14. The second kappa shape index (κ2) is 2.97. The lowest BCUT2D eigenvalue weighted by atomic mass is 10.2. The van der Waals surface area contributed by atoms with Crippen LogP contribution in [0.1, 0.15) is 0 Å². The summed E-state index contributed by atoms with van der Waals surface area (Å²) in [5.41, 5.74) is 4.55. The smallest absolute Gasteiger partial charge is 0.354 e. The molecule has 7 N–H and O–H groups in total. The average molecular weight is 175 g/mol. The van der Waals surface area contributed by atoms with Gasteiger partial charge in [-0.3, -0.25) is 0 Å². The highest BCUT2D eigenvalue weighted by Crippen LogP contribution is 2.05. The highest BCUT2D eigenvalue weighted by Gasteiger charge is 2.26. The van der Waals surface area contributed by atoms with E-state index in [0.29, 0.717) is 0 Å². The number of carboxylic acid groups (broad SMARTS) is 1. The Hall–Kier alpha value is -1.31. The van der Waals surface area contributed by atoms with Crippen LogP contribution in [0.25, 0.3) is 0 Å². The highest BCUT2D eigenvalue weighted by atomic mass is 16.4. The van der Waals surface area contributed by atoms with Crippen molar-refractivity contribution in [2.75, 3.05) is 0 Å². The van der Waals surface area contributed by atoms with Crippen LogP contribution in [0.15, 0.2) is 11.4 Å². The maximum absolute atomic E-state index is 10.4. The molecule has 1 aliphatic heterocycles. The monoisotopic (exact) mass is 175 g/mol. The summed E-state index contributed by atoms with van der Waals surface area (Å²) >= 11 is 0. The van der Waals surface area contributed by atoms with Gasteiger partial charge >= 0.3 is 5.97 Å². The van der Waals surface area contributed by atoms with Crippen molar-refractivity contribution in [3.05, 3.63) is 11.4 Å². The summed E-state index contributed by atoms with van der Waals surface area (Å²) < 4.78 is 0. The predicted molar refractivity (Wildman–Crippen MR) is 37.1 cm³/mol. The molecular formula is C5H9N3O4. The van der Waals surface area contributed by atoms with Gasteiger partial charge in [0.2, 0.25) is 0 Å². The van der Waals surface area contributed by atoms with Gasteiger partial charge in [-0.05, 0) is 0 Å². The van der Waals surface area contributed by atoms with E-state index < -0.39 is 24.2 Å². The van der Waals surface area contributed by atoms with Crippen molar-refractivity contribution in [3.8, 4) is 0 Å². The fourth-order valence-electron chi connectivity index (χ4n) is 0.823. The Morgan fingerprint density at radius 3 is 2.58 bits per heavy atom. The molecule has 0 radical (unpaired) electrons. The summed E-state index contributed by atoms with van der Waals surface area (Å²) in [6.07, 6.45) is -2.65. The third-order valence-electron chi connectivity index (χ3n) is 1.39. The molecule has 0 fully saturated rings. The third-order valence-corrected chi connectivity index (χ3v) is 1.39.